The number of rotatable bonds is 6. The molecule has 2 fully saturated rings. The van der Waals surface area contributed by atoms with Gasteiger partial charge in [-0.2, -0.15) is 4.31 Å². The monoisotopic (exact) mass is 290 g/mol. The van der Waals surface area contributed by atoms with Crippen molar-refractivity contribution in [3.63, 3.8) is 0 Å². The zero-order chi connectivity index (χ0) is 13.6. The van der Waals surface area contributed by atoms with Crippen LogP contribution in [0.4, 0.5) is 0 Å². The van der Waals surface area contributed by atoms with Gasteiger partial charge in [-0.25, -0.2) is 8.42 Å². The molecule has 0 radical (unpaired) electrons. The molecule has 2 saturated heterocycles. The summed E-state index contributed by atoms with van der Waals surface area (Å²) in [4.78, 5) is 0. The lowest BCUT2D eigenvalue weighted by molar-refractivity contribution is 0.0730. The predicted octanol–water partition coefficient (Wildman–Crippen LogP) is 0.818. The Morgan fingerprint density at radius 2 is 1.79 bits per heavy atom. The third-order valence-electron chi connectivity index (χ3n) is 4.09. The molecule has 0 aromatic heterocycles. The molecule has 1 N–H and O–H groups in total. The summed E-state index contributed by atoms with van der Waals surface area (Å²) in [5.74, 6) is 1.10. The second-order valence-electron chi connectivity index (χ2n) is 5.52. The van der Waals surface area contributed by atoms with Crippen molar-refractivity contribution in [1.29, 1.82) is 0 Å². The molecule has 5 nitrogen and oxygen atoms in total. The van der Waals surface area contributed by atoms with Crippen molar-refractivity contribution in [2.24, 2.45) is 5.92 Å². The molecule has 2 aliphatic heterocycles. The Morgan fingerprint density at radius 3 is 2.47 bits per heavy atom. The normalized spacial score (nSPS) is 23.6. The van der Waals surface area contributed by atoms with Gasteiger partial charge in [0.15, 0.2) is 0 Å². The first kappa shape index (κ1) is 15.2. The average Bonchev–Trinajstić information content (AvgIpc) is 2.46. The number of hydrogen-bond acceptors (Lipinski definition) is 4. The molecule has 2 rings (SSSR count). The SMILES string of the molecule is O=S(=O)(CCCCC1CCNCC1)N1CCOCC1. The summed E-state index contributed by atoms with van der Waals surface area (Å²) in [5.41, 5.74) is 0. The Morgan fingerprint density at radius 1 is 1.11 bits per heavy atom. The van der Waals surface area contributed by atoms with Crippen molar-refractivity contribution in [2.75, 3.05) is 45.1 Å². The van der Waals surface area contributed by atoms with Crippen LogP contribution in [0.2, 0.25) is 0 Å². The zero-order valence-corrected chi connectivity index (χ0v) is 12.5. The van der Waals surface area contributed by atoms with E-state index in [1.807, 2.05) is 0 Å². The minimum absolute atomic E-state index is 0.304. The first-order chi connectivity index (χ1) is 9.18. The van der Waals surface area contributed by atoms with Gasteiger partial charge >= 0.3 is 0 Å². The minimum atomic E-state index is -3.05. The number of morpholine rings is 1. The van der Waals surface area contributed by atoms with Gasteiger partial charge in [-0.15, -0.1) is 0 Å². The molecule has 0 atom stereocenters. The van der Waals surface area contributed by atoms with Crippen molar-refractivity contribution in [1.82, 2.24) is 9.62 Å². The lowest BCUT2D eigenvalue weighted by atomic mass is 9.93. The van der Waals surface area contributed by atoms with E-state index in [0.717, 1.165) is 31.8 Å². The molecule has 0 saturated carbocycles. The number of sulfonamides is 1. The fraction of sp³-hybridized carbons (Fsp3) is 1.00. The molecular formula is C13H26N2O3S. The van der Waals surface area contributed by atoms with Gasteiger partial charge in [0.2, 0.25) is 10.0 Å². The molecule has 2 aliphatic rings. The zero-order valence-electron chi connectivity index (χ0n) is 11.6. The standard InChI is InChI=1S/C13H26N2O3S/c16-19(17,15-8-10-18-11-9-15)12-2-1-3-13-4-6-14-7-5-13/h13-14H,1-12H2. The summed E-state index contributed by atoms with van der Waals surface area (Å²) < 4.78 is 31.0. The van der Waals surface area contributed by atoms with E-state index >= 15 is 0 Å². The first-order valence-corrected chi connectivity index (χ1v) is 9.06. The largest absolute Gasteiger partial charge is 0.379 e. The highest BCUT2D eigenvalue weighted by Gasteiger charge is 2.23. The number of nitrogens with one attached hydrogen (secondary N) is 1. The maximum atomic E-state index is 12.1. The highest BCUT2D eigenvalue weighted by atomic mass is 32.2. The fourth-order valence-electron chi connectivity index (χ4n) is 2.84. The number of nitrogens with zero attached hydrogens (tertiary/aromatic N) is 1. The van der Waals surface area contributed by atoms with Gasteiger partial charge < -0.3 is 10.1 Å². The lowest BCUT2D eigenvalue weighted by Gasteiger charge is -2.26. The Labute approximate surface area is 116 Å². The van der Waals surface area contributed by atoms with Crippen molar-refractivity contribution in [2.45, 2.75) is 32.1 Å². The number of hydrogen-bond donors (Lipinski definition) is 1. The van der Waals surface area contributed by atoms with Crippen LogP contribution in [0.15, 0.2) is 0 Å². The van der Waals surface area contributed by atoms with E-state index in [0.29, 0.717) is 32.1 Å². The summed E-state index contributed by atoms with van der Waals surface area (Å²) in [6.07, 6.45) is 5.50. The van der Waals surface area contributed by atoms with Crippen LogP contribution in [0, 0.1) is 5.92 Å². The van der Waals surface area contributed by atoms with E-state index in [1.54, 1.807) is 4.31 Å². The van der Waals surface area contributed by atoms with Crippen LogP contribution in [0.5, 0.6) is 0 Å². The molecular weight excluding hydrogens is 264 g/mol. The van der Waals surface area contributed by atoms with Crippen LogP contribution in [0.25, 0.3) is 0 Å². The van der Waals surface area contributed by atoms with Crippen LogP contribution >= 0.6 is 0 Å². The highest BCUT2D eigenvalue weighted by molar-refractivity contribution is 7.89. The Balaban J connectivity index is 1.63. The predicted molar refractivity (Wildman–Crippen MR) is 75.6 cm³/mol. The van der Waals surface area contributed by atoms with Crippen molar-refractivity contribution < 1.29 is 13.2 Å². The summed E-state index contributed by atoms with van der Waals surface area (Å²) >= 11 is 0. The highest BCUT2D eigenvalue weighted by Crippen LogP contribution is 2.19. The fourth-order valence-corrected chi connectivity index (χ4v) is 4.37. The van der Waals surface area contributed by atoms with Crippen molar-refractivity contribution in [3.8, 4) is 0 Å². The minimum Gasteiger partial charge on any atom is -0.379 e. The van der Waals surface area contributed by atoms with E-state index in [9.17, 15) is 8.42 Å². The lowest BCUT2D eigenvalue weighted by Crippen LogP contribution is -2.41. The van der Waals surface area contributed by atoms with Gasteiger partial charge in [-0.05, 0) is 38.3 Å². The molecule has 112 valence electrons. The van der Waals surface area contributed by atoms with E-state index in [4.69, 9.17) is 4.74 Å². The Bertz CT molecular complexity index is 347. The number of piperidine rings is 1. The van der Waals surface area contributed by atoms with E-state index in [-0.39, 0.29) is 0 Å². The van der Waals surface area contributed by atoms with Gasteiger partial charge in [0.1, 0.15) is 0 Å². The second kappa shape index (κ2) is 7.57. The summed E-state index contributed by atoms with van der Waals surface area (Å²) in [5, 5.41) is 3.36. The second-order valence-corrected chi connectivity index (χ2v) is 7.61. The summed E-state index contributed by atoms with van der Waals surface area (Å²) in [6, 6.07) is 0. The maximum Gasteiger partial charge on any atom is 0.214 e. The molecule has 6 heteroatoms. The quantitative estimate of drug-likeness (QED) is 0.736. The van der Waals surface area contributed by atoms with Crippen LogP contribution in [-0.2, 0) is 14.8 Å². The average molecular weight is 290 g/mol. The van der Waals surface area contributed by atoms with Crippen molar-refractivity contribution >= 4 is 10.0 Å². The van der Waals surface area contributed by atoms with Gasteiger partial charge in [-0.1, -0.05) is 12.8 Å². The number of unbranched alkanes of at least 4 members (excludes halogenated alkanes) is 1. The molecule has 0 unspecified atom stereocenters. The third-order valence-corrected chi connectivity index (χ3v) is 6.04. The van der Waals surface area contributed by atoms with Gasteiger partial charge in [0, 0.05) is 13.1 Å². The van der Waals surface area contributed by atoms with Crippen LogP contribution in [-0.4, -0.2) is 57.9 Å². The maximum absolute atomic E-state index is 12.1. The van der Waals surface area contributed by atoms with E-state index < -0.39 is 10.0 Å². The first-order valence-electron chi connectivity index (χ1n) is 7.45. The molecule has 0 aromatic rings. The Kier molecular flexibility index (Phi) is 6.06. The molecule has 0 amide bonds. The molecule has 0 aliphatic carbocycles. The molecule has 0 bridgehead atoms. The smallest absolute Gasteiger partial charge is 0.214 e. The van der Waals surface area contributed by atoms with Gasteiger partial charge in [0.05, 0.1) is 19.0 Å². The summed E-state index contributed by atoms with van der Waals surface area (Å²) in [6.45, 7) is 4.36. The van der Waals surface area contributed by atoms with Crippen LogP contribution in [0.1, 0.15) is 32.1 Å². The van der Waals surface area contributed by atoms with Gasteiger partial charge in [0.25, 0.3) is 0 Å². The molecule has 19 heavy (non-hydrogen) atoms. The van der Waals surface area contributed by atoms with Crippen molar-refractivity contribution in [3.05, 3.63) is 0 Å². The Hall–Kier alpha value is -0.170. The topological polar surface area (TPSA) is 58.6 Å². The molecule has 0 spiro atoms. The molecule has 2 heterocycles. The van der Waals surface area contributed by atoms with E-state index in [2.05, 4.69) is 5.32 Å². The van der Waals surface area contributed by atoms with Crippen LogP contribution < -0.4 is 5.32 Å². The molecule has 0 aromatic carbocycles. The third kappa shape index (κ3) is 5.02. The number of ether oxygens (including phenoxy) is 1. The van der Waals surface area contributed by atoms with Gasteiger partial charge in [-0.3, -0.25) is 0 Å². The van der Waals surface area contributed by atoms with Crippen LogP contribution in [0.3, 0.4) is 0 Å². The van der Waals surface area contributed by atoms with E-state index in [1.165, 1.54) is 19.3 Å². The summed E-state index contributed by atoms with van der Waals surface area (Å²) in [7, 11) is -3.05.